The van der Waals surface area contributed by atoms with Gasteiger partial charge in [-0.15, -0.1) is 0 Å². The van der Waals surface area contributed by atoms with E-state index in [0.717, 1.165) is 25.7 Å². The Morgan fingerprint density at radius 3 is 1.80 bits per heavy atom. The summed E-state index contributed by atoms with van der Waals surface area (Å²) < 4.78 is 73.1. The summed E-state index contributed by atoms with van der Waals surface area (Å²) in [6, 6.07) is 0.919. The Hall–Kier alpha value is -1.59. The second-order valence-electron chi connectivity index (χ2n) is 8.18. The molecule has 30 heavy (non-hydrogen) atoms. The molecule has 2 saturated carbocycles. The highest BCUT2D eigenvalue weighted by Crippen LogP contribution is 2.45. The van der Waals surface area contributed by atoms with Crippen molar-refractivity contribution in [1.29, 1.82) is 0 Å². The SMILES string of the molecule is C.C.C/C=C/C1CCC(C2CCC(C(F)(F)Oc3cc(F)c(F)c(F)c3)CC2)CC1.[HH].[HH]. The predicted molar refractivity (Wildman–Crippen MR) is 115 cm³/mol. The first kappa shape index (κ1) is 26.4. The summed E-state index contributed by atoms with van der Waals surface area (Å²) >= 11 is 0. The minimum atomic E-state index is -3.54. The lowest BCUT2D eigenvalue weighted by Crippen LogP contribution is -2.38. The van der Waals surface area contributed by atoms with Crippen LogP contribution in [-0.4, -0.2) is 6.11 Å². The monoisotopic (exact) mass is 438 g/mol. The maximum atomic E-state index is 14.5. The first-order valence-corrected chi connectivity index (χ1v) is 10.1. The average Bonchev–Trinajstić information content (AvgIpc) is 2.67. The Labute approximate surface area is 180 Å². The van der Waals surface area contributed by atoms with E-state index >= 15 is 0 Å². The average molecular weight is 439 g/mol. The van der Waals surface area contributed by atoms with E-state index in [1.165, 1.54) is 0 Å². The molecule has 0 atom stereocenters. The summed E-state index contributed by atoms with van der Waals surface area (Å²) in [7, 11) is 0. The lowest BCUT2D eigenvalue weighted by atomic mass is 9.69. The van der Waals surface area contributed by atoms with Crippen molar-refractivity contribution in [2.45, 2.75) is 79.3 Å². The fourth-order valence-electron chi connectivity index (χ4n) is 4.84. The minimum Gasteiger partial charge on any atom is -0.432 e. The maximum absolute atomic E-state index is 14.5. The lowest BCUT2D eigenvalue weighted by Gasteiger charge is -2.39. The third-order valence-electron chi connectivity index (χ3n) is 6.41. The second kappa shape index (κ2) is 11.1. The Kier molecular flexibility index (Phi) is 9.83. The van der Waals surface area contributed by atoms with Crippen LogP contribution in [0.2, 0.25) is 0 Å². The fraction of sp³-hybridized carbons (Fsp3) is 0.667. The molecule has 1 nitrogen and oxygen atoms in total. The van der Waals surface area contributed by atoms with Crippen LogP contribution < -0.4 is 4.74 Å². The molecule has 0 unspecified atom stereocenters. The smallest absolute Gasteiger partial charge is 0.400 e. The molecule has 0 N–H and O–H groups in total. The van der Waals surface area contributed by atoms with Gasteiger partial charge in [0.2, 0.25) is 0 Å². The molecular weight excluding hydrogens is 399 g/mol. The molecule has 0 radical (unpaired) electrons. The first-order chi connectivity index (χ1) is 13.3. The summed E-state index contributed by atoms with van der Waals surface area (Å²) in [6.45, 7) is 2.03. The van der Waals surface area contributed by atoms with Crippen LogP contribution in [0.25, 0.3) is 0 Å². The molecule has 3 rings (SSSR count). The van der Waals surface area contributed by atoms with E-state index in [4.69, 9.17) is 0 Å². The number of alkyl halides is 2. The number of allylic oxidation sites excluding steroid dienone is 2. The summed E-state index contributed by atoms with van der Waals surface area (Å²) in [5.41, 5.74) is 0. The highest BCUT2D eigenvalue weighted by atomic mass is 19.3. The molecule has 0 aromatic heterocycles. The molecule has 0 spiro atoms. The van der Waals surface area contributed by atoms with Crippen LogP contribution in [0.1, 0.15) is 76.0 Å². The van der Waals surface area contributed by atoms with E-state index in [1.807, 2.05) is 6.92 Å². The van der Waals surface area contributed by atoms with Crippen LogP contribution in [0.3, 0.4) is 0 Å². The molecule has 2 fully saturated rings. The highest BCUT2D eigenvalue weighted by molar-refractivity contribution is 5.25. The molecule has 176 valence electrons. The zero-order chi connectivity index (χ0) is 20.3. The quantitative estimate of drug-likeness (QED) is 0.253. The number of benzene rings is 1. The van der Waals surface area contributed by atoms with Gasteiger partial charge in [-0.2, -0.15) is 8.78 Å². The van der Waals surface area contributed by atoms with Gasteiger partial charge in [-0.25, -0.2) is 13.2 Å². The minimum absolute atomic E-state index is 0. The van der Waals surface area contributed by atoms with Crippen molar-refractivity contribution in [2.75, 3.05) is 0 Å². The van der Waals surface area contributed by atoms with E-state index in [9.17, 15) is 22.0 Å². The van der Waals surface area contributed by atoms with E-state index in [2.05, 4.69) is 16.9 Å². The number of ether oxygens (including phenoxy) is 1. The predicted octanol–water partition coefficient (Wildman–Crippen LogP) is 9.03. The van der Waals surface area contributed by atoms with Gasteiger partial charge in [-0.3, -0.25) is 0 Å². The Morgan fingerprint density at radius 1 is 0.867 bits per heavy atom. The first-order valence-electron chi connectivity index (χ1n) is 10.1. The number of halogens is 5. The summed E-state index contributed by atoms with van der Waals surface area (Å²) in [5.74, 6) is -4.76. The molecule has 0 aliphatic heterocycles. The van der Waals surface area contributed by atoms with E-state index in [1.54, 1.807) is 0 Å². The van der Waals surface area contributed by atoms with Crippen molar-refractivity contribution in [3.63, 3.8) is 0 Å². The molecule has 2 aliphatic carbocycles. The van der Waals surface area contributed by atoms with Gasteiger partial charge in [-0.05, 0) is 76.0 Å². The van der Waals surface area contributed by atoms with Crippen molar-refractivity contribution in [3.8, 4) is 5.75 Å². The molecule has 6 heteroatoms. The van der Waals surface area contributed by atoms with Crippen LogP contribution in [0.4, 0.5) is 22.0 Å². The van der Waals surface area contributed by atoms with Gasteiger partial charge in [-0.1, -0.05) is 27.0 Å². The van der Waals surface area contributed by atoms with Gasteiger partial charge in [0.1, 0.15) is 5.75 Å². The molecule has 0 amide bonds. The molecule has 0 heterocycles. The van der Waals surface area contributed by atoms with Gasteiger partial charge < -0.3 is 4.74 Å². The lowest BCUT2D eigenvalue weighted by molar-refractivity contribution is -0.224. The van der Waals surface area contributed by atoms with E-state index in [0.29, 0.717) is 55.6 Å². The van der Waals surface area contributed by atoms with Gasteiger partial charge >= 0.3 is 6.11 Å². The second-order valence-corrected chi connectivity index (χ2v) is 8.18. The highest BCUT2D eigenvalue weighted by Gasteiger charge is 2.45. The Balaban J connectivity index is 0. The van der Waals surface area contributed by atoms with Crippen LogP contribution >= 0.6 is 0 Å². The van der Waals surface area contributed by atoms with Gasteiger partial charge in [0.15, 0.2) is 17.5 Å². The molecular formula is C24H39F5O. The van der Waals surface area contributed by atoms with Crippen molar-refractivity contribution in [3.05, 3.63) is 41.7 Å². The fourth-order valence-corrected chi connectivity index (χ4v) is 4.84. The van der Waals surface area contributed by atoms with Crippen molar-refractivity contribution in [2.24, 2.45) is 23.7 Å². The van der Waals surface area contributed by atoms with Crippen LogP contribution in [-0.2, 0) is 0 Å². The molecule has 2 aliphatic rings. The van der Waals surface area contributed by atoms with E-state index in [-0.39, 0.29) is 17.7 Å². The van der Waals surface area contributed by atoms with Gasteiger partial charge in [0, 0.05) is 15.0 Å². The van der Waals surface area contributed by atoms with E-state index < -0.39 is 35.2 Å². The molecule has 0 bridgehead atoms. The Bertz CT molecular complexity index is 675. The van der Waals surface area contributed by atoms with Gasteiger partial charge in [0.05, 0.1) is 5.92 Å². The number of hydrogen-bond donors (Lipinski definition) is 0. The van der Waals surface area contributed by atoms with Crippen molar-refractivity contribution < 1.29 is 29.5 Å². The maximum Gasteiger partial charge on any atom is 0.400 e. The van der Waals surface area contributed by atoms with Crippen LogP contribution in [0.5, 0.6) is 5.75 Å². The van der Waals surface area contributed by atoms with Crippen LogP contribution in [0.15, 0.2) is 24.3 Å². The summed E-state index contributed by atoms with van der Waals surface area (Å²) in [6.07, 6.45) is 7.50. The number of hydrogen-bond acceptors (Lipinski definition) is 1. The third kappa shape index (κ3) is 6.21. The molecule has 1 aromatic rings. The zero-order valence-corrected chi connectivity index (χ0v) is 16.1. The topological polar surface area (TPSA) is 9.23 Å². The standard InChI is InChI=1S/C22H27F5O.2CH4.2H2/c1-2-3-14-4-6-15(7-5-14)16-8-10-17(11-9-16)22(26,27)28-18-12-19(23)21(25)20(24)13-18;;;;/h2-3,12-17H,4-11H2,1H3;2*1H4;2*1H/b3-2+;;;;. The summed E-state index contributed by atoms with van der Waals surface area (Å²) in [5, 5.41) is 0. The van der Waals surface area contributed by atoms with Crippen molar-refractivity contribution in [1.82, 2.24) is 0 Å². The number of rotatable bonds is 5. The van der Waals surface area contributed by atoms with Gasteiger partial charge in [0.25, 0.3) is 0 Å². The zero-order valence-electron chi connectivity index (χ0n) is 16.1. The summed E-state index contributed by atoms with van der Waals surface area (Å²) in [4.78, 5) is 0. The van der Waals surface area contributed by atoms with Crippen molar-refractivity contribution >= 4 is 0 Å². The van der Waals surface area contributed by atoms with Crippen LogP contribution in [0, 0.1) is 41.1 Å². The Morgan fingerprint density at radius 2 is 1.33 bits per heavy atom. The molecule has 1 aromatic carbocycles. The largest absolute Gasteiger partial charge is 0.432 e. The molecule has 0 saturated heterocycles. The third-order valence-corrected chi connectivity index (χ3v) is 6.41. The normalized spacial score (nSPS) is 27.3.